The van der Waals surface area contributed by atoms with Crippen LogP contribution in [0.5, 0.6) is 5.75 Å². The quantitative estimate of drug-likeness (QED) is 0.717. The Labute approximate surface area is 187 Å². The SMILES string of the molecule is COc1cc(N2CCN(C(=O)Cn3nc(C(F)(F)F)c(C)c3C)C(C(=O)O)C2)ccc1Cl. The summed E-state index contributed by atoms with van der Waals surface area (Å²) in [6, 6.07) is 3.84. The lowest BCUT2D eigenvalue weighted by Crippen LogP contribution is -2.59. The normalized spacial score (nSPS) is 16.9. The molecule has 1 aliphatic rings. The number of alkyl halides is 3. The van der Waals surface area contributed by atoms with E-state index in [-0.39, 0.29) is 24.3 Å². The maximum atomic E-state index is 13.1. The van der Waals surface area contributed by atoms with Crippen LogP contribution in [0.1, 0.15) is 17.0 Å². The molecular weight excluding hydrogens is 453 g/mol. The van der Waals surface area contributed by atoms with Crippen LogP contribution in [-0.2, 0) is 22.3 Å². The highest BCUT2D eigenvalue weighted by molar-refractivity contribution is 6.32. The fourth-order valence-corrected chi connectivity index (χ4v) is 3.85. The number of benzene rings is 1. The summed E-state index contributed by atoms with van der Waals surface area (Å²) >= 11 is 6.04. The number of aliphatic carboxylic acids is 1. The molecule has 1 aromatic heterocycles. The first-order chi connectivity index (χ1) is 14.9. The Balaban J connectivity index is 1.79. The van der Waals surface area contributed by atoms with Crippen LogP contribution in [0.15, 0.2) is 18.2 Å². The minimum absolute atomic E-state index is 0.00320. The molecule has 1 fully saturated rings. The van der Waals surface area contributed by atoms with Crippen molar-refractivity contribution in [1.29, 1.82) is 0 Å². The van der Waals surface area contributed by atoms with Crippen LogP contribution < -0.4 is 9.64 Å². The van der Waals surface area contributed by atoms with Gasteiger partial charge in [-0.05, 0) is 26.0 Å². The van der Waals surface area contributed by atoms with E-state index in [4.69, 9.17) is 16.3 Å². The minimum atomic E-state index is -4.64. The number of carboxylic acids is 1. The molecule has 174 valence electrons. The van der Waals surface area contributed by atoms with E-state index in [1.165, 1.54) is 21.0 Å². The van der Waals surface area contributed by atoms with E-state index in [1.807, 2.05) is 0 Å². The first kappa shape index (κ1) is 23.7. The average molecular weight is 475 g/mol. The molecule has 1 N–H and O–H groups in total. The number of amides is 1. The van der Waals surface area contributed by atoms with Crippen molar-refractivity contribution >= 4 is 29.2 Å². The molecule has 1 amide bonds. The van der Waals surface area contributed by atoms with Gasteiger partial charge in [-0.15, -0.1) is 0 Å². The smallest absolute Gasteiger partial charge is 0.435 e. The fraction of sp³-hybridized carbons (Fsp3) is 0.450. The number of carboxylic acid groups (broad SMARTS) is 1. The highest BCUT2D eigenvalue weighted by Crippen LogP contribution is 2.32. The van der Waals surface area contributed by atoms with Crippen LogP contribution in [0.4, 0.5) is 18.9 Å². The molecular formula is C20H22ClF3N4O4. The number of methoxy groups -OCH3 is 1. The van der Waals surface area contributed by atoms with Crippen molar-refractivity contribution in [3.8, 4) is 5.75 Å². The summed E-state index contributed by atoms with van der Waals surface area (Å²) in [5, 5.41) is 13.6. The van der Waals surface area contributed by atoms with Crippen molar-refractivity contribution in [1.82, 2.24) is 14.7 Å². The van der Waals surface area contributed by atoms with Crippen molar-refractivity contribution in [3.05, 3.63) is 40.2 Å². The molecule has 1 aliphatic heterocycles. The summed E-state index contributed by atoms with van der Waals surface area (Å²) in [6.45, 7) is 2.63. The monoisotopic (exact) mass is 474 g/mol. The number of ether oxygens (including phenoxy) is 1. The van der Waals surface area contributed by atoms with Gasteiger partial charge in [0.25, 0.3) is 0 Å². The van der Waals surface area contributed by atoms with E-state index in [9.17, 15) is 27.9 Å². The summed E-state index contributed by atoms with van der Waals surface area (Å²) in [5.74, 6) is -1.40. The van der Waals surface area contributed by atoms with Gasteiger partial charge in [0.1, 0.15) is 18.3 Å². The number of piperazine rings is 1. The molecule has 8 nitrogen and oxygen atoms in total. The second kappa shape index (κ2) is 8.89. The Kier molecular flexibility index (Phi) is 6.59. The number of carbonyl (C=O) groups excluding carboxylic acids is 1. The van der Waals surface area contributed by atoms with Crippen LogP contribution in [0.3, 0.4) is 0 Å². The Hall–Kier alpha value is -2.95. The average Bonchev–Trinajstić information content (AvgIpc) is 3.02. The number of nitrogens with zero attached hydrogens (tertiary/aromatic N) is 4. The molecule has 12 heteroatoms. The van der Waals surface area contributed by atoms with E-state index in [0.29, 0.717) is 23.0 Å². The van der Waals surface area contributed by atoms with E-state index in [1.54, 1.807) is 23.1 Å². The zero-order chi connectivity index (χ0) is 23.8. The van der Waals surface area contributed by atoms with E-state index in [2.05, 4.69) is 5.10 Å². The van der Waals surface area contributed by atoms with Gasteiger partial charge in [0, 0.05) is 42.6 Å². The lowest BCUT2D eigenvalue weighted by atomic mass is 10.1. The summed E-state index contributed by atoms with van der Waals surface area (Å²) < 4.78 is 45.5. The Morgan fingerprint density at radius 2 is 1.97 bits per heavy atom. The molecule has 0 radical (unpaired) electrons. The second-order valence-corrected chi connectivity index (χ2v) is 7.83. The largest absolute Gasteiger partial charge is 0.495 e. The van der Waals surface area contributed by atoms with Gasteiger partial charge < -0.3 is 19.6 Å². The van der Waals surface area contributed by atoms with E-state index < -0.39 is 36.3 Å². The highest BCUT2D eigenvalue weighted by Gasteiger charge is 2.39. The van der Waals surface area contributed by atoms with Gasteiger partial charge >= 0.3 is 12.1 Å². The van der Waals surface area contributed by atoms with Crippen molar-refractivity contribution in [2.75, 3.05) is 31.6 Å². The van der Waals surface area contributed by atoms with Crippen molar-refractivity contribution in [3.63, 3.8) is 0 Å². The Morgan fingerprint density at radius 1 is 1.28 bits per heavy atom. The maximum Gasteiger partial charge on any atom is 0.435 e. The molecule has 1 aromatic carbocycles. The first-order valence-electron chi connectivity index (χ1n) is 9.66. The van der Waals surface area contributed by atoms with Gasteiger partial charge in [-0.2, -0.15) is 18.3 Å². The molecule has 1 atom stereocenters. The van der Waals surface area contributed by atoms with Crippen LogP contribution in [0, 0.1) is 13.8 Å². The topological polar surface area (TPSA) is 87.9 Å². The lowest BCUT2D eigenvalue weighted by Gasteiger charge is -2.40. The van der Waals surface area contributed by atoms with Gasteiger partial charge in [0.05, 0.1) is 12.1 Å². The van der Waals surface area contributed by atoms with Crippen molar-refractivity contribution < 1.29 is 32.6 Å². The fourth-order valence-electron chi connectivity index (χ4n) is 3.65. The van der Waals surface area contributed by atoms with Crippen LogP contribution >= 0.6 is 11.6 Å². The molecule has 0 bridgehead atoms. The van der Waals surface area contributed by atoms with Gasteiger partial charge in [-0.3, -0.25) is 9.48 Å². The number of rotatable bonds is 5. The van der Waals surface area contributed by atoms with Gasteiger partial charge in [-0.1, -0.05) is 11.6 Å². The van der Waals surface area contributed by atoms with Gasteiger partial charge in [-0.25, -0.2) is 4.79 Å². The van der Waals surface area contributed by atoms with Crippen LogP contribution in [-0.4, -0.2) is 64.4 Å². The summed E-state index contributed by atoms with van der Waals surface area (Å²) in [7, 11) is 1.46. The Bertz CT molecular complexity index is 1040. The molecule has 0 aliphatic carbocycles. The zero-order valence-corrected chi connectivity index (χ0v) is 18.4. The lowest BCUT2D eigenvalue weighted by molar-refractivity contribution is -0.151. The highest BCUT2D eigenvalue weighted by atomic mass is 35.5. The number of aromatic nitrogens is 2. The predicted octanol–water partition coefficient (Wildman–Crippen LogP) is 2.98. The summed E-state index contributed by atoms with van der Waals surface area (Å²) in [5.41, 5.74) is -0.247. The van der Waals surface area contributed by atoms with Crippen LogP contribution in [0.25, 0.3) is 0 Å². The summed E-state index contributed by atoms with van der Waals surface area (Å²) in [4.78, 5) is 27.7. The third-order valence-electron chi connectivity index (χ3n) is 5.54. The first-order valence-corrected chi connectivity index (χ1v) is 10.0. The number of carbonyl (C=O) groups is 2. The molecule has 0 saturated carbocycles. The molecule has 2 aromatic rings. The zero-order valence-electron chi connectivity index (χ0n) is 17.6. The number of halogens is 4. The molecule has 0 spiro atoms. The van der Waals surface area contributed by atoms with Crippen molar-refractivity contribution in [2.24, 2.45) is 0 Å². The minimum Gasteiger partial charge on any atom is -0.495 e. The van der Waals surface area contributed by atoms with Gasteiger partial charge in [0.2, 0.25) is 5.91 Å². The standard InChI is InChI=1S/C20H22ClF3N4O4/c1-11-12(2)28(25-18(11)20(22,23)24)10-17(29)27-7-6-26(9-15(27)19(30)31)13-4-5-14(21)16(8-13)32-3/h4-5,8,15H,6-7,9-10H2,1-3H3,(H,30,31). The predicted molar refractivity (Wildman–Crippen MR) is 110 cm³/mol. The van der Waals surface area contributed by atoms with E-state index in [0.717, 1.165) is 9.58 Å². The molecule has 1 saturated heterocycles. The van der Waals surface area contributed by atoms with Crippen molar-refractivity contribution in [2.45, 2.75) is 32.6 Å². The van der Waals surface area contributed by atoms with Crippen LogP contribution in [0.2, 0.25) is 5.02 Å². The molecule has 1 unspecified atom stereocenters. The molecule has 2 heterocycles. The molecule has 32 heavy (non-hydrogen) atoms. The van der Waals surface area contributed by atoms with E-state index >= 15 is 0 Å². The third-order valence-corrected chi connectivity index (χ3v) is 5.86. The second-order valence-electron chi connectivity index (χ2n) is 7.42. The molecule has 3 rings (SSSR count). The number of anilines is 1. The summed E-state index contributed by atoms with van der Waals surface area (Å²) in [6.07, 6.45) is -4.64. The maximum absolute atomic E-state index is 13.1. The third kappa shape index (κ3) is 4.62. The number of hydrogen-bond acceptors (Lipinski definition) is 5. The Morgan fingerprint density at radius 3 is 2.53 bits per heavy atom. The van der Waals surface area contributed by atoms with Gasteiger partial charge in [0.15, 0.2) is 5.69 Å². The number of hydrogen-bond donors (Lipinski definition) is 1.